The zero-order valence-electron chi connectivity index (χ0n) is 11.4. The Morgan fingerprint density at radius 3 is 3.05 bits per heavy atom. The van der Waals surface area contributed by atoms with Crippen LogP contribution in [-0.4, -0.2) is 33.3 Å². The third-order valence-corrected chi connectivity index (χ3v) is 3.82. The van der Waals surface area contributed by atoms with Gasteiger partial charge >= 0.3 is 0 Å². The Bertz CT molecular complexity index is 622. The van der Waals surface area contributed by atoms with E-state index in [2.05, 4.69) is 20.7 Å². The van der Waals surface area contributed by atoms with Crippen LogP contribution in [-0.2, 0) is 4.79 Å². The van der Waals surface area contributed by atoms with Crippen molar-refractivity contribution in [3.63, 3.8) is 0 Å². The van der Waals surface area contributed by atoms with Crippen molar-refractivity contribution >= 4 is 23.2 Å². The van der Waals surface area contributed by atoms with E-state index in [1.807, 2.05) is 6.07 Å². The van der Waals surface area contributed by atoms with Crippen molar-refractivity contribution in [2.75, 3.05) is 11.9 Å². The number of benzene rings is 1. The van der Waals surface area contributed by atoms with Crippen LogP contribution < -0.4 is 10.6 Å². The van der Waals surface area contributed by atoms with E-state index in [0.717, 1.165) is 25.8 Å². The number of halogens is 1. The minimum atomic E-state index is -0.152. The van der Waals surface area contributed by atoms with Gasteiger partial charge in [0, 0.05) is 0 Å². The minimum Gasteiger partial charge on any atom is -0.323 e. The van der Waals surface area contributed by atoms with E-state index < -0.39 is 0 Å². The number of carbonyl (C=O) groups is 1. The van der Waals surface area contributed by atoms with Crippen LogP contribution in [0, 0.1) is 0 Å². The molecule has 1 saturated heterocycles. The molecule has 1 aromatic carbocycles. The van der Waals surface area contributed by atoms with Gasteiger partial charge in [0.2, 0.25) is 5.91 Å². The number of anilines is 1. The first kappa shape index (κ1) is 14.0. The fourth-order valence-electron chi connectivity index (χ4n) is 2.47. The summed E-state index contributed by atoms with van der Waals surface area (Å²) in [5.74, 6) is -0.0432. The van der Waals surface area contributed by atoms with Crippen molar-refractivity contribution in [3.05, 3.63) is 35.9 Å². The number of nitrogens with one attached hydrogen (secondary N) is 2. The molecule has 2 heterocycles. The summed E-state index contributed by atoms with van der Waals surface area (Å²) in [6.45, 7) is 0.879. The van der Waals surface area contributed by atoms with E-state index in [4.69, 9.17) is 11.6 Å². The topological polar surface area (TPSA) is 71.8 Å². The van der Waals surface area contributed by atoms with Crippen molar-refractivity contribution in [2.45, 2.75) is 25.3 Å². The Morgan fingerprint density at radius 2 is 2.33 bits per heavy atom. The Hall–Kier alpha value is -1.92. The van der Waals surface area contributed by atoms with Crippen molar-refractivity contribution in [1.82, 2.24) is 20.1 Å². The molecule has 1 aliphatic heterocycles. The molecule has 3 rings (SSSR count). The zero-order valence-corrected chi connectivity index (χ0v) is 12.2. The molecule has 0 radical (unpaired) electrons. The Balaban J connectivity index is 1.85. The smallest absolute Gasteiger partial charge is 0.241 e. The van der Waals surface area contributed by atoms with Gasteiger partial charge in [-0.2, -0.15) is 5.10 Å². The lowest BCUT2D eigenvalue weighted by Gasteiger charge is -2.23. The van der Waals surface area contributed by atoms with E-state index in [-0.39, 0.29) is 11.9 Å². The van der Waals surface area contributed by atoms with Crippen molar-refractivity contribution in [2.24, 2.45) is 0 Å². The summed E-state index contributed by atoms with van der Waals surface area (Å²) >= 11 is 6.23. The number of nitrogens with zero attached hydrogens (tertiary/aromatic N) is 3. The highest BCUT2D eigenvalue weighted by Gasteiger charge is 2.22. The molecular weight excluding hydrogens is 290 g/mol. The number of hydrogen-bond donors (Lipinski definition) is 2. The molecule has 2 aromatic rings. The fraction of sp³-hybridized carbons (Fsp3) is 0.357. The van der Waals surface area contributed by atoms with Crippen LogP contribution in [0.2, 0.25) is 5.02 Å². The first-order valence-corrected chi connectivity index (χ1v) is 7.31. The fourth-order valence-corrected chi connectivity index (χ4v) is 2.73. The quantitative estimate of drug-likeness (QED) is 0.910. The lowest BCUT2D eigenvalue weighted by atomic mass is 10.0. The molecule has 1 aromatic heterocycles. The van der Waals surface area contributed by atoms with Gasteiger partial charge in [-0.1, -0.05) is 24.1 Å². The molecular formula is C14H16ClN5O. The number of piperidine rings is 1. The second kappa shape index (κ2) is 6.24. The molecule has 1 atom stereocenters. The van der Waals surface area contributed by atoms with Gasteiger partial charge in [0.15, 0.2) is 0 Å². The Morgan fingerprint density at radius 1 is 1.43 bits per heavy atom. The summed E-state index contributed by atoms with van der Waals surface area (Å²) in [7, 11) is 0. The van der Waals surface area contributed by atoms with Gasteiger partial charge in [-0.05, 0) is 31.5 Å². The van der Waals surface area contributed by atoms with E-state index in [9.17, 15) is 4.79 Å². The zero-order chi connectivity index (χ0) is 14.7. The van der Waals surface area contributed by atoms with Crippen LogP contribution in [0.1, 0.15) is 19.3 Å². The van der Waals surface area contributed by atoms with Crippen molar-refractivity contribution in [1.29, 1.82) is 0 Å². The third-order valence-electron chi connectivity index (χ3n) is 3.52. The average molecular weight is 306 g/mol. The van der Waals surface area contributed by atoms with Gasteiger partial charge in [-0.3, -0.25) is 4.79 Å². The molecule has 1 fully saturated rings. The van der Waals surface area contributed by atoms with Crippen LogP contribution in [0.25, 0.3) is 5.69 Å². The van der Waals surface area contributed by atoms with Gasteiger partial charge in [0.1, 0.15) is 18.3 Å². The lowest BCUT2D eigenvalue weighted by molar-refractivity contribution is -0.118. The lowest BCUT2D eigenvalue weighted by Crippen LogP contribution is -2.43. The predicted molar refractivity (Wildman–Crippen MR) is 80.6 cm³/mol. The number of hydrogen-bond acceptors (Lipinski definition) is 4. The third kappa shape index (κ3) is 3.06. The van der Waals surface area contributed by atoms with Crippen LogP contribution in [0.3, 0.4) is 0 Å². The molecule has 110 valence electrons. The Labute approximate surface area is 127 Å². The molecule has 0 aliphatic carbocycles. The van der Waals surface area contributed by atoms with E-state index >= 15 is 0 Å². The minimum absolute atomic E-state index is 0.0432. The van der Waals surface area contributed by atoms with Crippen molar-refractivity contribution < 1.29 is 4.79 Å². The molecule has 0 spiro atoms. The van der Waals surface area contributed by atoms with Gasteiger partial charge in [0.25, 0.3) is 0 Å². The number of carbonyl (C=O) groups excluding carboxylic acids is 1. The van der Waals surface area contributed by atoms with E-state index in [1.165, 1.54) is 6.33 Å². The molecule has 21 heavy (non-hydrogen) atoms. The van der Waals surface area contributed by atoms with Gasteiger partial charge in [0.05, 0.1) is 16.8 Å². The highest BCUT2D eigenvalue weighted by Crippen LogP contribution is 2.28. The second-order valence-electron chi connectivity index (χ2n) is 4.97. The second-order valence-corrected chi connectivity index (χ2v) is 5.37. The summed E-state index contributed by atoms with van der Waals surface area (Å²) in [6, 6.07) is 5.21. The largest absolute Gasteiger partial charge is 0.323 e. The first-order chi connectivity index (χ1) is 10.3. The highest BCUT2D eigenvalue weighted by molar-refractivity contribution is 6.33. The van der Waals surface area contributed by atoms with Crippen LogP contribution >= 0.6 is 11.6 Å². The number of amides is 1. The maximum absolute atomic E-state index is 12.3. The normalized spacial score (nSPS) is 18.4. The summed E-state index contributed by atoms with van der Waals surface area (Å²) in [5.41, 5.74) is 1.26. The van der Waals surface area contributed by atoms with Crippen molar-refractivity contribution in [3.8, 4) is 5.69 Å². The summed E-state index contributed by atoms with van der Waals surface area (Å²) in [4.78, 5) is 16.3. The van der Waals surface area contributed by atoms with E-state index in [0.29, 0.717) is 16.4 Å². The van der Waals surface area contributed by atoms with Crippen LogP contribution in [0.15, 0.2) is 30.9 Å². The summed E-state index contributed by atoms with van der Waals surface area (Å²) < 4.78 is 1.55. The van der Waals surface area contributed by atoms with Gasteiger partial charge < -0.3 is 10.6 Å². The maximum atomic E-state index is 12.3. The molecule has 0 saturated carbocycles. The summed E-state index contributed by atoms with van der Waals surface area (Å²) in [5, 5.41) is 10.8. The van der Waals surface area contributed by atoms with Crippen LogP contribution in [0.5, 0.6) is 0 Å². The molecule has 1 amide bonds. The molecule has 7 heteroatoms. The van der Waals surface area contributed by atoms with Gasteiger partial charge in [-0.15, -0.1) is 0 Å². The standard InChI is InChI=1S/C14H16ClN5O/c15-10-4-3-6-11(13(10)20-9-16-8-18-20)19-14(21)12-5-1-2-7-17-12/h3-4,6,8-9,12,17H,1-2,5,7H2,(H,19,21)/t12-/m1/s1. The maximum Gasteiger partial charge on any atom is 0.241 e. The first-order valence-electron chi connectivity index (χ1n) is 6.93. The SMILES string of the molecule is O=C(Nc1cccc(Cl)c1-n1cncn1)[C@H]1CCCCN1. The summed E-state index contributed by atoms with van der Waals surface area (Å²) in [6.07, 6.45) is 6.01. The molecule has 0 bridgehead atoms. The predicted octanol–water partition coefficient (Wildman–Crippen LogP) is 2.00. The monoisotopic (exact) mass is 305 g/mol. The molecule has 0 unspecified atom stereocenters. The number of para-hydroxylation sites is 1. The van der Waals surface area contributed by atoms with E-state index in [1.54, 1.807) is 23.1 Å². The number of rotatable bonds is 3. The number of aromatic nitrogens is 3. The molecule has 2 N–H and O–H groups in total. The van der Waals surface area contributed by atoms with Gasteiger partial charge in [-0.25, -0.2) is 9.67 Å². The highest BCUT2D eigenvalue weighted by atomic mass is 35.5. The Kier molecular flexibility index (Phi) is 4.17. The van der Waals surface area contributed by atoms with Crippen LogP contribution in [0.4, 0.5) is 5.69 Å². The molecule has 6 nitrogen and oxygen atoms in total. The average Bonchev–Trinajstić information content (AvgIpc) is 3.02. The molecule has 1 aliphatic rings.